The summed E-state index contributed by atoms with van der Waals surface area (Å²) in [5.74, 6) is -3.73. The molecular weight excluding hydrogens is 263 g/mol. The molecule has 0 aliphatic heterocycles. The Morgan fingerprint density at radius 1 is 1.26 bits per heavy atom. The molecule has 0 fully saturated rings. The van der Waals surface area contributed by atoms with Crippen molar-refractivity contribution in [3.63, 3.8) is 0 Å². The van der Waals surface area contributed by atoms with Gasteiger partial charge in [0.05, 0.1) is 0 Å². The molecule has 1 aliphatic carbocycles. The van der Waals surface area contributed by atoms with Gasteiger partial charge in [-0.1, -0.05) is 24.3 Å². The molecule has 2 rings (SSSR count). The number of carboxylic acid groups (broad SMARTS) is 1. The van der Waals surface area contributed by atoms with Crippen LogP contribution in [0.1, 0.15) is 17.5 Å². The van der Waals surface area contributed by atoms with Gasteiger partial charge in [0.1, 0.15) is 0 Å². The van der Waals surface area contributed by atoms with E-state index in [0.717, 1.165) is 0 Å². The lowest BCUT2D eigenvalue weighted by Crippen LogP contribution is -2.54. The molecule has 0 radical (unpaired) electrons. The Morgan fingerprint density at radius 3 is 2.47 bits per heavy atom. The predicted molar refractivity (Wildman–Crippen MR) is 58.3 cm³/mol. The number of carbonyl (C=O) groups excluding carboxylic acids is 1. The second-order valence-corrected chi connectivity index (χ2v) is 4.32. The number of benzene rings is 1. The SMILES string of the molecule is O=C(N[C@]1(C(=O)O)CCc2ccccc21)C(F)(F)F. The van der Waals surface area contributed by atoms with E-state index in [2.05, 4.69) is 0 Å². The molecule has 7 heteroatoms. The molecule has 1 aromatic carbocycles. The molecule has 19 heavy (non-hydrogen) atoms. The van der Waals surface area contributed by atoms with Gasteiger partial charge in [0, 0.05) is 0 Å². The van der Waals surface area contributed by atoms with Crippen LogP contribution in [0.4, 0.5) is 13.2 Å². The molecule has 1 atom stereocenters. The van der Waals surface area contributed by atoms with E-state index < -0.39 is 23.6 Å². The van der Waals surface area contributed by atoms with Crippen molar-refractivity contribution in [1.82, 2.24) is 5.32 Å². The first-order valence-electron chi connectivity index (χ1n) is 5.48. The lowest BCUT2D eigenvalue weighted by molar-refractivity contribution is -0.178. The van der Waals surface area contributed by atoms with Crippen LogP contribution in [0.2, 0.25) is 0 Å². The van der Waals surface area contributed by atoms with E-state index in [1.165, 1.54) is 12.1 Å². The molecule has 0 heterocycles. The van der Waals surface area contributed by atoms with E-state index >= 15 is 0 Å². The molecule has 1 amide bonds. The summed E-state index contributed by atoms with van der Waals surface area (Å²) in [5.41, 5.74) is -1.16. The molecule has 0 saturated carbocycles. The van der Waals surface area contributed by atoms with Crippen LogP contribution in [0.5, 0.6) is 0 Å². The van der Waals surface area contributed by atoms with Crippen LogP contribution in [-0.4, -0.2) is 23.2 Å². The van der Waals surface area contributed by atoms with Gasteiger partial charge in [-0.2, -0.15) is 13.2 Å². The summed E-state index contributed by atoms with van der Waals surface area (Å²) in [5, 5.41) is 10.9. The number of hydrogen-bond acceptors (Lipinski definition) is 2. The number of nitrogens with one attached hydrogen (secondary N) is 1. The fourth-order valence-electron chi connectivity index (χ4n) is 2.28. The van der Waals surface area contributed by atoms with Crippen LogP contribution in [0.25, 0.3) is 0 Å². The summed E-state index contributed by atoms with van der Waals surface area (Å²) < 4.78 is 36.9. The van der Waals surface area contributed by atoms with Gasteiger partial charge in [0.25, 0.3) is 0 Å². The normalized spacial score (nSPS) is 21.8. The van der Waals surface area contributed by atoms with Crippen molar-refractivity contribution in [3.8, 4) is 0 Å². The lowest BCUT2D eigenvalue weighted by Gasteiger charge is -2.27. The summed E-state index contributed by atoms with van der Waals surface area (Å²) in [7, 11) is 0. The zero-order valence-electron chi connectivity index (χ0n) is 9.62. The van der Waals surface area contributed by atoms with Gasteiger partial charge >= 0.3 is 18.1 Å². The maximum Gasteiger partial charge on any atom is 0.471 e. The Bertz CT molecular complexity index is 541. The van der Waals surface area contributed by atoms with E-state index in [9.17, 15) is 27.9 Å². The first kappa shape index (κ1) is 13.4. The molecular formula is C12H10F3NO3. The van der Waals surface area contributed by atoms with E-state index in [1.54, 1.807) is 17.4 Å². The monoisotopic (exact) mass is 273 g/mol. The Hall–Kier alpha value is -2.05. The van der Waals surface area contributed by atoms with Crippen LogP contribution in [-0.2, 0) is 21.5 Å². The van der Waals surface area contributed by atoms with Crippen molar-refractivity contribution in [3.05, 3.63) is 35.4 Å². The zero-order chi connectivity index (χ0) is 14.3. The third kappa shape index (κ3) is 2.16. The standard InChI is InChI=1S/C12H10F3NO3/c13-12(14,15)9(17)16-11(10(18)19)6-5-7-3-1-2-4-8(7)11/h1-4H,5-6H2,(H,16,17)(H,18,19)/t11-/m1/s1. The van der Waals surface area contributed by atoms with Crippen molar-refractivity contribution in [2.75, 3.05) is 0 Å². The van der Waals surface area contributed by atoms with Crippen LogP contribution in [0, 0.1) is 0 Å². The number of fused-ring (bicyclic) bond motifs is 1. The van der Waals surface area contributed by atoms with Crippen molar-refractivity contribution in [2.24, 2.45) is 0 Å². The third-order valence-corrected chi connectivity index (χ3v) is 3.20. The summed E-state index contributed by atoms with van der Waals surface area (Å²) in [6, 6.07) is 6.26. The third-order valence-electron chi connectivity index (χ3n) is 3.20. The van der Waals surface area contributed by atoms with Gasteiger partial charge in [0.15, 0.2) is 5.54 Å². The van der Waals surface area contributed by atoms with Crippen LogP contribution < -0.4 is 5.32 Å². The number of rotatable bonds is 2. The average molecular weight is 273 g/mol. The van der Waals surface area contributed by atoms with Gasteiger partial charge in [-0.15, -0.1) is 0 Å². The van der Waals surface area contributed by atoms with Gasteiger partial charge in [-0.25, -0.2) is 4.79 Å². The Kier molecular flexibility index (Phi) is 3.00. The molecule has 0 unspecified atom stereocenters. The van der Waals surface area contributed by atoms with E-state index in [4.69, 9.17) is 0 Å². The quantitative estimate of drug-likeness (QED) is 0.860. The van der Waals surface area contributed by atoms with Crippen molar-refractivity contribution in [2.45, 2.75) is 24.6 Å². The molecule has 1 aliphatic rings. The van der Waals surface area contributed by atoms with E-state index in [1.807, 2.05) is 0 Å². The van der Waals surface area contributed by atoms with Crippen molar-refractivity contribution < 1.29 is 27.9 Å². The second-order valence-electron chi connectivity index (χ2n) is 4.32. The number of aryl methyl sites for hydroxylation is 1. The average Bonchev–Trinajstić information content (AvgIpc) is 2.69. The highest BCUT2D eigenvalue weighted by Crippen LogP contribution is 2.37. The fraction of sp³-hybridized carbons (Fsp3) is 0.333. The number of carboxylic acids is 1. The smallest absolute Gasteiger partial charge is 0.471 e. The number of hydrogen-bond donors (Lipinski definition) is 2. The number of halogens is 3. The first-order chi connectivity index (χ1) is 8.77. The molecule has 102 valence electrons. The second kappa shape index (κ2) is 4.25. The van der Waals surface area contributed by atoms with Crippen LogP contribution in [0.3, 0.4) is 0 Å². The van der Waals surface area contributed by atoms with Gasteiger partial charge in [-0.05, 0) is 24.0 Å². The lowest BCUT2D eigenvalue weighted by atomic mass is 9.91. The molecule has 1 aromatic rings. The van der Waals surface area contributed by atoms with Gasteiger partial charge in [0.2, 0.25) is 0 Å². The number of aliphatic carboxylic acids is 1. The minimum atomic E-state index is -5.11. The molecule has 0 saturated heterocycles. The minimum absolute atomic E-state index is 0.0938. The molecule has 2 N–H and O–H groups in total. The Balaban J connectivity index is 2.43. The number of carbonyl (C=O) groups is 2. The molecule has 0 spiro atoms. The first-order valence-corrected chi connectivity index (χ1v) is 5.48. The largest absolute Gasteiger partial charge is 0.479 e. The summed E-state index contributed by atoms with van der Waals surface area (Å²) in [6.07, 6.45) is -4.90. The minimum Gasteiger partial charge on any atom is -0.479 e. The topological polar surface area (TPSA) is 66.4 Å². The maximum atomic E-state index is 12.3. The Labute approximate surface area is 106 Å². The van der Waals surface area contributed by atoms with Crippen molar-refractivity contribution >= 4 is 11.9 Å². The van der Waals surface area contributed by atoms with Gasteiger partial charge < -0.3 is 10.4 Å². The highest BCUT2D eigenvalue weighted by Gasteiger charge is 2.51. The fourth-order valence-corrected chi connectivity index (χ4v) is 2.28. The molecule has 4 nitrogen and oxygen atoms in total. The zero-order valence-corrected chi connectivity index (χ0v) is 9.62. The predicted octanol–water partition coefficient (Wildman–Crippen LogP) is 1.59. The number of amides is 1. The van der Waals surface area contributed by atoms with Crippen molar-refractivity contribution in [1.29, 1.82) is 0 Å². The maximum absolute atomic E-state index is 12.3. The summed E-state index contributed by atoms with van der Waals surface area (Å²) >= 11 is 0. The molecule has 0 bridgehead atoms. The summed E-state index contributed by atoms with van der Waals surface area (Å²) in [6.45, 7) is 0. The van der Waals surface area contributed by atoms with Crippen LogP contribution in [0.15, 0.2) is 24.3 Å². The highest BCUT2D eigenvalue weighted by molar-refractivity contribution is 5.91. The van der Waals surface area contributed by atoms with Crippen LogP contribution >= 0.6 is 0 Å². The van der Waals surface area contributed by atoms with E-state index in [0.29, 0.717) is 12.0 Å². The number of alkyl halides is 3. The molecule has 0 aromatic heterocycles. The van der Waals surface area contributed by atoms with E-state index in [-0.39, 0.29) is 12.0 Å². The highest BCUT2D eigenvalue weighted by atomic mass is 19.4. The summed E-state index contributed by atoms with van der Waals surface area (Å²) in [4.78, 5) is 22.4. The Morgan fingerprint density at radius 2 is 1.89 bits per heavy atom. The van der Waals surface area contributed by atoms with Gasteiger partial charge in [-0.3, -0.25) is 4.79 Å².